The standard InChI is InChI=1S/C13H13Br2NO2S/c1-17-7-3-4-8(10(5-7)18-2)12(16)11-6-9(14)13(15)19-11/h3-6,12H,16H2,1-2H3. The Morgan fingerprint density at radius 2 is 1.89 bits per heavy atom. The number of ether oxygens (including phenoxy) is 2. The van der Waals surface area contributed by atoms with Gasteiger partial charge in [-0.2, -0.15) is 0 Å². The number of methoxy groups -OCH3 is 2. The van der Waals surface area contributed by atoms with Crippen molar-refractivity contribution in [3.63, 3.8) is 0 Å². The molecule has 0 aliphatic rings. The van der Waals surface area contributed by atoms with Crippen molar-refractivity contribution in [2.75, 3.05) is 14.2 Å². The minimum Gasteiger partial charge on any atom is -0.497 e. The molecule has 0 aliphatic heterocycles. The molecule has 0 saturated carbocycles. The van der Waals surface area contributed by atoms with Crippen LogP contribution in [0.3, 0.4) is 0 Å². The average Bonchev–Trinajstić information content (AvgIpc) is 2.77. The van der Waals surface area contributed by atoms with Gasteiger partial charge in [-0.3, -0.25) is 0 Å². The summed E-state index contributed by atoms with van der Waals surface area (Å²) in [5.41, 5.74) is 7.25. The lowest BCUT2D eigenvalue weighted by molar-refractivity contribution is 0.390. The predicted octanol–water partition coefficient (Wildman–Crippen LogP) is 4.34. The second-order valence-corrected chi connectivity index (χ2v) is 7.11. The molecule has 1 heterocycles. The maximum Gasteiger partial charge on any atom is 0.127 e. The van der Waals surface area contributed by atoms with E-state index in [1.807, 2.05) is 24.3 Å². The van der Waals surface area contributed by atoms with Gasteiger partial charge in [-0.25, -0.2) is 0 Å². The topological polar surface area (TPSA) is 44.5 Å². The zero-order valence-electron chi connectivity index (χ0n) is 10.4. The van der Waals surface area contributed by atoms with Crippen molar-refractivity contribution in [2.24, 2.45) is 5.73 Å². The molecule has 2 N–H and O–H groups in total. The molecule has 1 unspecified atom stereocenters. The van der Waals surface area contributed by atoms with Gasteiger partial charge in [-0.05, 0) is 50.1 Å². The molecular weight excluding hydrogens is 394 g/mol. The molecule has 0 aliphatic carbocycles. The Kier molecular flexibility index (Phi) is 4.89. The number of nitrogens with two attached hydrogens (primary N) is 1. The van der Waals surface area contributed by atoms with E-state index in [0.717, 1.165) is 30.2 Å². The summed E-state index contributed by atoms with van der Waals surface area (Å²) in [5, 5.41) is 0. The molecule has 1 aromatic heterocycles. The largest absolute Gasteiger partial charge is 0.497 e. The van der Waals surface area contributed by atoms with E-state index in [0.29, 0.717) is 0 Å². The van der Waals surface area contributed by atoms with Gasteiger partial charge in [0.1, 0.15) is 11.5 Å². The molecule has 1 atom stereocenters. The summed E-state index contributed by atoms with van der Waals surface area (Å²) >= 11 is 8.56. The van der Waals surface area contributed by atoms with Gasteiger partial charge in [-0.15, -0.1) is 11.3 Å². The Balaban J connectivity index is 2.40. The molecule has 0 saturated heterocycles. The van der Waals surface area contributed by atoms with Crippen LogP contribution < -0.4 is 15.2 Å². The number of benzene rings is 1. The fourth-order valence-corrected chi connectivity index (χ4v) is 3.86. The molecule has 1 aromatic carbocycles. The van der Waals surface area contributed by atoms with Gasteiger partial charge in [0.05, 0.1) is 24.0 Å². The third kappa shape index (κ3) is 3.13. The smallest absolute Gasteiger partial charge is 0.127 e. The minimum atomic E-state index is -0.228. The van der Waals surface area contributed by atoms with E-state index in [4.69, 9.17) is 15.2 Å². The monoisotopic (exact) mass is 405 g/mol. The van der Waals surface area contributed by atoms with E-state index >= 15 is 0 Å². The summed E-state index contributed by atoms with van der Waals surface area (Å²) in [4.78, 5) is 1.06. The molecule has 102 valence electrons. The molecule has 3 nitrogen and oxygen atoms in total. The molecule has 2 rings (SSSR count). The summed E-state index contributed by atoms with van der Waals surface area (Å²) in [6.45, 7) is 0. The summed E-state index contributed by atoms with van der Waals surface area (Å²) in [7, 11) is 3.26. The number of hydrogen-bond acceptors (Lipinski definition) is 4. The van der Waals surface area contributed by atoms with Crippen LogP contribution in [-0.4, -0.2) is 14.2 Å². The van der Waals surface area contributed by atoms with Gasteiger partial charge in [0.15, 0.2) is 0 Å². The van der Waals surface area contributed by atoms with Crippen molar-refractivity contribution in [2.45, 2.75) is 6.04 Å². The Morgan fingerprint density at radius 1 is 1.16 bits per heavy atom. The van der Waals surface area contributed by atoms with Crippen LogP contribution >= 0.6 is 43.2 Å². The maximum absolute atomic E-state index is 6.31. The van der Waals surface area contributed by atoms with Crippen LogP contribution in [0.2, 0.25) is 0 Å². The highest BCUT2D eigenvalue weighted by atomic mass is 79.9. The van der Waals surface area contributed by atoms with E-state index in [9.17, 15) is 0 Å². The van der Waals surface area contributed by atoms with Crippen molar-refractivity contribution < 1.29 is 9.47 Å². The highest BCUT2D eigenvalue weighted by Gasteiger charge is 2.18. The normalized spacial score (nSPS) is 12.3. The van der Waals surface area contributed by atoms with Crippen LogP contribution in [0.25, 0.3) is 0 Å². The van der Waals surface area contributed by atoms with E-state index in [1.165, 1.54) is 0 Å². The van der Waals surface area contributed by atoms with Crippen molar-refractivity contribution in [3.05, 3.63) is 43.0 Å². The van der Waals surface area contributed by atoms with Gasteiger partial charge < -0.3 is 15.2 Å². The first kappa shape index (κ1) is 14.8. The molecule has 0 fully saturated rings. The van der Waals surface area contributed by atoms with Crippen LogP contribution in [0, 0.1) is 0 Å². The lowest BCUT2D eigenvalue weighted by atomic mass is 10.0. The molecular formula is C13H13Br2NO2S. The second kappa shape index (κ2) is 6.26. The summed E-state index contributed by atoms with van der Waals surface area (Å²) in [6, 6.07) is 7.45. The van der Waals surface area contributed by atoms with E-state index in [-0.39, 0.29) is 6.04 Å². The second-order valence-electron chi connectivity index (χ2n) is 3.86. The van der Waals surface area contributed by atoms with Crippen molar-refractivity contribution in [1.29, 1.82) is 0 Å². The third-order valence-corrected chi connectivity index (χ3v) is 6.09. The first-order valence-corrected chi connectivity index (χ1v) is 7.89. The van der Waals surface area contributed by atoms with Gasteiger partial charge >= 0.3 is 0 Å². The molecule has 0 bridgehead atoms. The van der Waals surface area contributed by atoms with E-state index in [1.54, 1.807) is 25.6 Å². The van der Waals surface area contributed by atoms with Crippen LogP contribution in [0.1, 0.15) is 16.5 Å². The van der Waals surface area contributed by atoms with Gasteiger partial charge in [0.25, 0.3) is 0 Å². The fraction of sp³-hybridized carbons (Fsp3) is 0.231. The highest BCUT2D eigenvalue weighted by Crippen LogP contribution is 2.39. The van der Waals surface area contributed by atoms with Gasteiger partial charge in [0.2, 0.25) is 0 Å². The van der Waals surface area contributed by atoms with Crippen molar-refractivity contribution in [1.82, 2.24) is 0 Å². The number of rotatable bonds is 4. The molecule has 19 heavy (non-hydrogen) atoms. The third-order valence-electron chi connectivity index (χ3n) is 2.75. The lowest BCUT2D eigenvalue weighted by Crippen LogP contribution is -2.11. The quantitative estimate of drug-likeness (QED) is 0.821. The Hall–Kier alpha value is -0.560. The van der Waals surface area contributed by atoms with Crippen molar-refractivity contribution in [3.8, 4) is 11.5 Å². The number of thiophene rings is 1. The first-order chi connectivity index (χ1) is 9.06. The number of halogens is 2. The van der Waals surface area contributed by atoms with Crippen LogP contribution in [-0.2, 0) is 0 Å². The summed E-state index contributed by atoms with van der Waals surface area (Å²) < 4.78 is 12.6. The lowest BCUT2D eigenvalue weighted by Gasteiger charge is -2.15. The van der Waals surface area contributed by atoms with Crippen LogP contribution in [0.15, 0.2) is 32.5 Å². The Bertz CT molecular complexity index is 567. The van der Waals surface area contributed by atoms with Crippen LogP contribution in [0.4, 0.5) is 0 Å². The molecule has 0 spiro atoms. The van der Waals surface area contributed by atoms with Crippen molar-refractivity contribution >= 4 is 43.2 Å². The van der Waals surface area contributed by atoms with Crippen LogP contribution in [0.5, 0.6) is 11.5 Å². The number of hydrogen-bond donors (Lipinski definition) is 1. The summed E-state index contributed by atoms with van der Waals surface area (Å²) in [5.74, 6) is 1.48. The SMILES string of the molecule is COc1ccc(C(N)c2cc(Br)c(Br)s2)c(OC)c1. The molecule has 6 heteroatoms. The van der Waals surface area contributed by atoms with Gasteiger partial charge in [-0.1, -0.05) is 0 Å². The zero-order chi connectivity index (χ0) is 14.0. The molecule has 2 aromatic rings. The Labute approximate surface area is 133 Å². The molecule has 0 radical (unpaired) electrons. The summed E-state index contributed by atoms with van der Waals surface area (Å²) in [6.07, 6.45) is 0. The average molecular weight is 407 g/mol. The zero-order valence-corrected chi connectivity index (χ0v) is 14.4. The minimum absolute atomic E-state index is 0.228. The Morgan fingerprint density at radius 3 is 2.42 bits per heavy atom. The molecule has 0 amide bonds. The highest BCUT2D eigenvalue weighted by molar-refractivity contribution is 9.13. The van der Waals surface area contributed by atoms with Gasteiger partial charge in [0, 0.05) is 21.0 Å². The van der Waals surface area contributed by atoms with E-state index < -0.39 is 0 Å². The maximum atomic E-state index is 6.31. The first-order valence-electron chi connectivity index (χ1n) is 5.49. The fourth-order valence-electron chi connectivity index (χ4n) is 1.75. The van der Waals surface area contributed by atoms with E-state index in [2.05, 4.69) is 31.9 Å². The predicted molar refractivity (Wildman–Crippen MR) is 85.3 cm³/mol.